The van der Waals surface area contributed by atoms with Crippen molar-refractivity contribution in [3.63, 3.8) is 0 Å². The lowest BCUT2D eigenvalue weighted by molar-refractivity contribution is -0.467. The zero-order valence-electron chi connectivity index (χ0n) is 7.37. The molecule has 0 heterocycles. The molecule has 7 heteroatoms. The number of benzene rings is 1. The number of hydrogen-bond donors (Lipinski definition) is 1. The largest absolute Gasteiger partial charge is 0.319 e. The van der Waals surface area contributed by atoms with Crippen LogP contribution in [0.25, 0.3) is 0 Å². The second kappa shape index (κ2) is 4.95. The summed E-state index contributed by atoms with van der Waals surface area (Å²) in [6.45, 7) is -0.803. The van der Waals surface area contributed by atoms with Crippen molar-refractivity contribution in [1.29, 1.82) is 0 Å². The maximum absolute atomic E-state index is 11.0. The normalized spacial score (nSPS) is 9.73. The maximum Gasteiger partial charge on any atom is 0.296 e. The molecule has 0 aliphatic carbocycles. The summed E-state index contributed by atoms with van der Waals surface area (Å²) in [4.78, 5) is 20.3. The van der Waals surface area contributed by atoms with Crippen LogP contribution in [0.1, 0.15) is 0 Å². The molecule has 0 fully saturated rings. The Labute approximate surface area is 95.1 Å². The number of nitrogens with zero attached hydrogens (tertiary/aromatic N) is 1. The van der Waals surface area contributed by atoms with Crippen molar-refractivity contribution in [2.75, 3.05) is 11.9 Å². The van der Waals surface area contributed by atoms with Crippen LogP contribution in [0.15, 0.2) is 18.2 Å². The zero-order valence-corrected chi connectivity index (χ0v) is 8.88. The summed E-state index contributed by atoms with van der Waals surface area (Å²) in [5.74, 6) is -0.746. The molecule has 0 saturated heterocycles. The van der Waals surface area contributed by atoms with Crippen LogP contribution in [-0.4, -0.2) is 17.4 Å². The predicted molar refractivity (Wildman–Crippen MR) is 57.0 cm³/mol. The van der Waals surface area contributed by atoms with Gasteiger partial charge in [-0.2, -0.15) is 0 Å². The van der Waals surface area contributed by atoms with Crippen molar-refractivity contribution in [3.8, 4) is 0 Å². The van der Waals surface area contributed by atoms with Crippen LogP contribution in [0.3, 0.4) is 0 Å². The maximum atomic E-state index is 11.0. The molecule has 5 nitrogen and oxygen atoms in total. The number of amides is 1. The van der Waals surface area contributed by atoms with Gasteiger partial charge in [0.1, 0.15) is 0 Å². The van der Waals surface area contributed by atoms with Crippen LogP contribution < -0.4 is 5.32 Å². The lowest BCUT2D eigenvalue weighted by atomic mass is 10.3. The first kappa shape index (κ1) is 11.7. The molecule has 1 rings (SSSR count). The SMILES string of the molecule is O=C(C[N+](=O)[O-])Nc1cc(Cl)ccc1Cl. The first-order chi connectivity index (χ1) is 6.99. The Balaban J connectivity index is 2.76. The highest BCUT2D eigenvalue weighted by molar-refractivity contribution is 6.35. The van der Waals surface area contributed by atoms with Crippen LogP contribution in [0, 0.1) is 10.1 Å². The average molecular weight is 249 g/mol. The minimum absolute atomic E-state index is 0.260. The van der Waals surface area contributed by atoms with Crippen LogP contribution in [0.5, 0.6) is 0 Å². The molecule has 0 saturated carbocycles. The van der Waals surface area contributed by atoms with E-state index in [2.05, 4.69) is 5.32 Å². The molecule has 0 spiro atoms. The van der Waals surface area contributed by atoms with E-state index in [4.69, 9.17) is 23.2 Å². The summed E-state index contributed by atoms with van der Waals surface area (Å²) >= 11 is 11.4. The Morgan fingerprint density at radius 3 is 2.73 bits per heavy atom. The summed E-state index contributed by atoms with van der Waals surface area (Å²) in [6, 6.07) is 4.46. The van der Waals surface area contributed by atoms with E-state index in [1.165, 1.54) is 12.1 Å². The van der Waals surface area contributed by atoms with E-state index in [0.717, 1.165) is 0 Å². The molecular formula is C8H6Cl2N2O3. The quantitative estimate of drug-likeness (QED) is 0.659. The van der Waals surface area contributed by atoms with Gasteiger partial charge in [0.05, 0.1) is 10.7 Å². The number of rotatable bonds is 3. The number of halogens is 2. The minimum atomic E-state index is -0.803. The van der Waals surface area contributed by atoms with E-state index in [1.54, 1.807) is 6.07 Å². The fraction of sp³-hybridized carbons (Fsp3) is 0.125. The van der Waals surface area contributed by atoms with Gasteiger partial charge >= 0.3 is 0 Å². The molecule has 0 aliphatic rings. The summed E-state index contributed by atoms with van der Waals surface area (Å²) < 4.78 is 0. The molecule has 0 unspecified atom stereocenters. The zero-order chi connectivity index (χ0) is 11.4. The van der Waals surface area contributed by atoms with E-state index >= 15 is 0 Å². The number of carbonyl (C=O) groups excluding carboxylic acids is 1. The van der Waals surface area contributed by atoms with Crippen LogP contribution >= 0.6 is 23.2 Å². The molecule has 0 bridgehead atoms. The van der Waals surface area contributed by atoms with E-state index in [0.29, 0.717) is 5.02 Å². The van der Waals surface area contributed by atoms with Crippen LogP contribution in [0.4, 0.5) is 5.69 Å². The molecular weight excluding hydrogens is 243 g/mol. The van der Waals surface area contributed by atoms with E-state index in [1.807, 2.05) is 0 Å². The van der Waals surface area contributed by atoms with Crippen molar-refractivity contribution in [1.82, 2.24) is 0 Å². The van der Waals surface area contributed by atoms with Gasteiger partial charge in [-0.3, -0.25) is 14.9 Å². The van der Waals surface area contributed by atoms with Gasteiger partial charge in [-0.25, -0.2) is 0 Å². The lowest BCUT2D eigenvalue weighted by Crippen LogP contribution is -2.21. The fourth-order valence-corrected chi connectivity index (χ4v) is 1.24. The average Bonchev–Trinajstić information content (AvgIpc) is 2.10. The smallest absolute Gasteiger partial charge is 0.296 e. The first-order valence-electron chi connectivity index (χ1n) is 3.86. The molecule has 1 amide bonds. The number of hydrogen-bond acceptors (Lipinski definition) is 3. The molecule has 1 aromatic rings. The van der Waals surface area contributed by atoms with Crippen molar-refractivity contribution in [3.05, 3.63) is 38.4 Å². The van der Waals surface area contributed by atoms with E-state index in [-0.39, 0.29) is 10.7 Å². The summed E-state index contributed by atoms with van der Waals surface area (Å²) in [5, 5.41) is 13.0. The topological polar surface area (TPSA) is 72.2 Å². The predicted octanol–water partition coefficient (Wildman–Crippen LogP) is 2.21. The van der Waals surface area contributed by atoms with Gasteiger partial charge in [0, 0.05) is 9.95 Å². The molecule has 1 aromatic carbocycles. The molecule has 15 heavy (non-hydrogen) atoms. The number of anilines is 1. The molecule has 0 radical (unpaired) electrons. The van der Waals surface area contributed by atoms with Crippen LogP contribution in [-0.2, 0) is 4.79 Å². The fourth-order valence-electron chi connectivity index (χ4n) is 0.900. The Hall–Kier alpha value is -1.33. The van der Waals surface area contributed by atoms with Gasteiger partial charge in [-0.1, -0.05) is 23.2 Å². The van der Waals surface area contributed by atoms with Gasteiger partial charge < -0.3 is 5.32 Å². The second-order valence-electron chi connectivity index (χ2n) is 2.66. The Bertz CT molecular complexity index is 409. The number of nitro groups is 1. The van der Waals surface area contributed by atoms with Crippen molar-refractivity contribution < 1.29 is 9.72 Å². The monoisotopic (exact) mass is 248 g/mol. The Morgan fingerprint density at radius 1 is 1.47 bits per heavy atom. The molecule has 1 N–H and O–H groups in total. The summed E-state index contributed by atoms with van der Waals surface area (Å²) in [5.41, 5.74) is 0.260. The van der Waals surface area contributed by atoms with Crippen molar-refractivity contribution in [2.24, 2.45) is 0 Å². The number of nitrogens with one attached hydrogen (secondary N) is 1. The molecule has 0 aliphatic heterocycles. The van der Waals surface area contributed by atoms with Gasteiger partial charge in [0.25, 0.3) is 12.5 Å². The third-order valence-electron chi connectivity index (χ3n) is 1.48. The second-order valence-corrected chi connectivity index (χ2v) is 3.51. The Kier molecular flexibility index (Phi) is 3.88. The first-order valence-corrected chi connectivity index (χ1v) is 4.61. The van der Waals surface area contributed by atoms with Gasteiger partial charge in [-0.15, -0.1) is 0 Å². The van der Waals surface area contributed by atoms with Gasteiger partial charge in [-0.05, 0) is 18.2 Å². The van der Waals surface area contributed by atoms with E-state index in [9.17, 15) is 14.9 Å². The molecule has 80 valence electrons. The minimum Gasteiger partial charge on any atom is -0.319 e. The lowest BCUT2D eigenvalue weighted by Gasteiger charge is -2.04. The van der Waals surface area contributed by atoms with Gasteiger partial charge in [0.2, 0.25) is 0 Å². The van der Waals surface area contributed by atoms with E-state index < -0.39 is 17.4 Å². The molecule has 0 atom stereocenters. The third-order valence-corrected chi connectivity index (χ3v) is 2.04. The van der Waals surface area contributed by atoms with Gasteiger partial charge in [0.15, 0.2) is 0 Å². The van der Waals surface area contributed by atoms with Crippen LogP contribution in [0.2, 0.25) is 10.0 Å². The Morgan fingerprint density at radius 2 is 2.13 bits per heavy atom. The summed E-state index contributed by atoms with van der Waals surface area (Å²) in [6.07, 6.45) is 0. The third kappa shape index (κ3) is 3.73. The summed E-state index contributed by atoms with van der Waals surface area (Å²) in [7, 11) is 0. The highest BCUT2D eigenvalue weighted by Gasteiger charge is 2.11. The van der Waals surface area contributed by atoms with Crippen molar-refractivity contribution >= 4 is 34.8 Å². The highest BCUT2D eigenvalue weighted by Crippen LogP contribution is 2.25. The highest BCUT2D eigenvalue weighted by atomic mass is 35.5. The standard InChI is InChI=1S/C8H6Cl2N2O3/c9-5-1-2-6(10)7(3-5)11-8(13)4-12(14)15/h1-3H,4H2,(H,11,13). The molecule has 0 aromatic heterocycles. The number of carbonyl (C=O) groups is 1. The van der Waals surface area contributed by atoms with Crippen molar-refractivity contribution in [2.45, 2.75) is 0 Å².